The second-order valence-electron chi connectivity index (χ2n) is 6.21. The maximum Gasteiger partial charge on any atom is 0.310 e. The molecule has 1 aromatic carbocycles. The number of carboxylic acid groups (broad SMARTS) is 1. The van der Waals surface area contributed by atoms with Crippen molar-refractivity contribution in [1.82, 2.24) is 0 Å². The van der Waals surface area contributed by atoms with Crippen LogP contribution in [0, 0.1) is 28.9 Å². The molecule has 1 fully saturated rings. The van der Waals surface area contributed by atoms with Gasteiger partial charge in [0.25, 0.3) is 5.69 Å². The second kappa shape index (κ2) is 5.41. The minimum atomic E-state index is -1.11. The van der Waals surface area contributed by atoms with Gasteiger partial charge in [-0.25, -0.2) is 0 Å². The van der Waals surface area contributed by atoms with Gasteiger partial charge in [0.1, 0.15) is 5.92 Å². The van der Waals surface area contributed by atoms with Crippen LogP contribution >= 0.6 is 0 Å². The van der Waals surface area contributed by atoms with Gasteiger partial charge in [0.05, 0.1) is 28.2 Å². The minimum Gasteiger partial charge on any atom is -0.481 e. The number of nitrogens with zero attached hydrogens (tertiary/aromatic N) is 1. The summed E-state index contributed by atoms with van der Waals surface area (Å²) in [6, 6.07) is 4.13. The SMILES string of the molecule is Cc1ccc([N+](=O)[O-])cc1NC(=O)C1C(C(=O)O)C2C=CC1(C)O2. The molecule has 0 aromatic heterocycles. The Balaban J connectivity index is 1.90. The maximum absolute atomic E-state index is 12.7. The summed E-state index contributed by atoms with van der Waals surface area (Å²) in [4.78, 5) is 34.6. The molecule has 2 aliphatic heterocycles. The number of non-ortho nitro benzene ring substituents is 1. The molecule has 0 spiro atoms. The maximum atomic E-state index is 12.7. The molecule has 4 unspecified atom stereocenters. The average Bonchev–Trinajstić information content (AvgIpc) is 3.02. The van der Waals surface area contributed by atoms with Crippen LogP contribution in [0.5, 0.6) is 0 Å². The summed E-state index contributed by atoms with van der Waals surface area (Å²) in [5.74, 6) is -3.54. The van der Waals surface area contributed by atoms with Gasteiger partial charge in [0.2, 0.25) is 5.91 Å². The Morgan fingerprint density at radius 2 is 2.12 bits per heavy atom. The molecule has 2 N–H and O–H groups in total. The Labute approximate surface area is 137 Å². The number of benzene rings is 1. The smallest absolute Gasteiger partial charge is 0.310 e. The highest BCUT2D eigenvalue weighted by atomic mass is 16.6. The lowest BCUT2D eigenvalue weighted by atomic mass is 9.75. The monoisotopic (exact) mass is 332 g/mol. The molecule has 0 radical (unpaired) electrons. The Morgan fingerprint density at radius 3 is 2.75 bits per heavy atom. The standard InChI is InChI=1S/C16H16N2O6/c1-8-3-4-9(18(22)23)7-10(8)17-14(19)13-12(15(20)21)11-5-6-16(13,2)24-11/h3-7,11-13H,1-2H3,(H,17,19)(H,20,21). The molecule has 3 rings (SSSR count). The Bertz CT molecular complexity index is 774. The number of ether oxygens (including phenoxy) is 1. The van der Waals surface area contributed by atoms with Crippen LogP contribution in [0.4, 0.5) is 11.4 Å². The quantitative estimate of drug-likeness (QED) is 0.494. The molecular formula is C16H16N2O6. The number of nitrogens with one attached hydrogen (secondary N) is 1. The molecule has 0 aliphatic carbocycles. The fraction of sp³-hybridized carbons (Fsp3) is 0.375. The average molecular weight is 332 g/mol. The first kappa shape index (κ1) is 16.1. The van der Waals surface area contributed by atoms with E-state index in [9.17, 15) is 24.8 Å². The molecule has 1 aromatic rings. The van der Waals surface area contributed by atoms with Crippen molar-refractivity contribution in [3.05, 3.63) is 46.0 Å². The van der Waals surface area contributed by atoms with Crippen molar-refractivity contribution in [2.75, 3.05) is 5.32 Å². The molecule has 8 nitrogen and oxygen atoms in total. The van der Waals surface area contributed by atoms with E-state index in [2.05, 4.69) is 5.32 Å². The zero-order valence-electron chi connectivity index (χ0n) is 13.1. The van der Waals surface area contributed by atoms with Crippen LogP contribution in [0.25, 0.3) is 0 Å². The minimum absolute atomic E-state index is 0.152. The number of carbonyl (C=O) groups is 2. The molecule has 0 saturated carbocycles. The highest BCUT2D eigenvalue weighted by molar-refractivity contribution is 5.98. The van der Waals surface area contributed by atoms with Crippen molar-refractivity contribution in [2.24, 2.45) is 11.8 Å². The van der Waals surface area contributed by atoms with Crippen LogP contribution in [0.1, 0.15) is 12.5 Å². The number of carboxylic acids is 1. The Kier molecular flexibility index (Phi) is 3.64. The van der Waals surface area contributed by atoms with E-state index < -0.39 is 40.3 Å². The van der Waals surface area contributed by atoms with Crippen LogP contribution in [0.2, 0.25) is 0 Å². The van der Waals surface area contributed by atoms with Gasteiger partial charge in [-0.2, -0.15) is 0 Å². The fourth-order valence-corrected chi connectivity index (χ4v) is 3.35. The molecular weight excluding hydrogens is 316 g/mol. The number of fused-ring (bicyclic) bond motifs is 2. The van der Waals surface area contributed by atoms with Gasteiger partial charge >= 0.3 is 5.97 Å². The van der Waals surface area contributed by atoms with Crippen LogP contribution < -0.4 is 5.32 Å². The van der Waals surface area contributed by atoms with Gasteiger partial charge in [-0.1, -0.05) is 18.2 Å². The molecule has 1 saturated heterocycles. The summed E-state index contributed by atoms with van der Waals surface area (Å²) < 4.78 is 5.64. The van der Waals surface area contributed by atoms with E-state index in [4.69, 9.17) is 4.74 Å². The van der Waals surface area contributed by atoms with E-state index in [1.54, 1.807) is 26.0 Å². The van der Waals surface area contributed by atoms with Crippen molar-refractivity contribution in [3.8, 4) is 0 Å². The van der Waals surface area contributed by atoms with Gasteiger partial charge in [-0.3, -0.25) is 19.7 Å². The molecule has 2 aliphatic rings. The van der Waals surface area contributed by atoms with Crippen LogP contribution in [-0.4, -0.2) is 33.6 Å². The summed E-state index contributed by atoms with van der Waals surface area (Å²) >= 11 is 0. The predicted octanol–water partition coefficient (Wildman–Crippen LogP) is 1.89. The van der Waals surface area contributed by atoms with Crippen molar-refractivity contribution in [3.63, 3.8) is 0 Å². The number of carbonyl (C=O) groups excluding carboxylic acids is 1. The largest absolute Gasteiger partial charge is 0.481 e. The van der Waals surface area contributed by atoms with E-state index >= 15 is 0 Å². The van der Waals surface area contributed by atoms with E-state index in [1.165, 1.54) is 18.2 Å². The molecule has 126 valence electrons. The molecule has 2 bridgehead atoms. The van der Waals surface area contributed by atoms with Gasteiger partial charge in [0, 0.05) is 12.1 Å². The lowest BCUT2D eigenvalue weighted by molar-refractivity contribution is -0.384. The highest BCUT2D eigenvalue weighted by Crippen LogP contribution is 2.47. The van der Waals surface area contributed by atoms with E-state index in [1.807, 2.05) is 0 Å². The number of anilines is 1. The van der Waals surface area contributed by atoms with Crippen LogP contribution in [0.15, 0.2) is 30.4 Å². The number of rotatable bonds is 4. The van der Waals surface area contributed by atoms with Gasteiger partial charge in [0.15, 0.2) is 0 Å². The molecule has 1 amide bonds. The molecule has 24 heavy (non-hydrogen) atoms. The third kappa shape index (κ3) is 2.44. The van der Waals surface area contributed by atoms with Gasteiger partial charge < -0.3 is 15.2 Å². The second-order valence-corrected chi connectivity index (χ2v) is 6.21. The number of amides is 1. The number of nitro groups is 1. The first-order chi connectivity index (χ1) is 11.2. The zero-order valence-corrected chi connectivity index (χ0v) is 13.1. The number of nitro benzene ring substituents is 1. The topological polar surface area (TPSA) is 119 Å². The molecule has 8 heteroatoms. The molecule has 4 atom stereocenters. The fourth-order valence-electron chi connectivity index (χ4n) is 3.35. The lowest BCUT2D eigenvalue weighted by Gasteiger charge is -2.28. The van der Waals surface area contributed by atoms with Crippen molar-refractivity contribution in [2.45, 2.75) is 25.6 Å². The van der Waals surface area contributed by atoms with Gasteiger partial charge in [-0.15, -0.1) is 0 Å². The van der Waals surface area contributed by atoms with Crippen molar-refractivity contribution in [1.29, 1.82) is 0 Å². The summed E-state index contributed by atoms with van der Waals surface area (Å²) in [6.07, 6.45) is 2.71. The predicted molar refractivity (Wildman–Crippen MR) is 83.5 cm³/mol. The third-order valence-electron chi connectivity index (χ3n) is 4.59. The lowest BCUT2D eigenvalue weighted by Crippen LogP contribution is -2.44. The normalized spacial score (nSPS) is 30.3. The van der Waals surface area contributed by atoms with E-state index in [-0.39, 0.29) is 11.4 Å². The third-order valence-corrected chi connectivity index (χ3v) is 4.59. The summed E-state index contributed by atoms with van der Waals surface area (Å²) in [7, 11) is 0. The van der Waals surface area contributed by atoms with Crippen molar-refractivity contribution >= 4 is 23.3 Å². The van der Waals surface area contributed by atoms with E-state index in [0.29, 0.717) is 5.56 Å². The van der Waals surface area contributed by atoms with Crippen molar-refractivity contribution < 1.29 is 24.4 Å². The summed E-state index contributed by atoms with van der Waals surface area (Å²) in [5.41, 5.74) is -0.216. The van der Waals surface area contributed by atoms with Gasteiger partial charge in [-0.05, 0) is 19.4 Å². The number of aliphatic carboxylic acids is 1. The van der Waals surface area contributed by atoms with Crippen LogP contribution in [0.3, 0.4) is 0 Å². The molecule has 2 heterocycles. The number of hydrogen-bond acceptors (Lipinski definition) is 5. The summed E-state index contributed by atoms with van der Waals surface area (Å²) in [5, 5.41) is 22.9. The number of aryl methyl sites for hydroxylation is 1. The first-order valence-corrected chi connectivity index (χ1v) is 7.39. The number of hydrogen-bond donors (Lipinski definition) is 2. The Hall–Kier alpha value is -2.74. The zero-order chi connectivity index (χ0) is 17.6. The summed E-state index contributed by atoms with van der Waals surface area (Å²) in [6.45, 7) is 3.37. The van der Waals surface area contributed by atoms with E-state index in [0.717, 1.165) is 0 Å². The Morgan fingerprint density at radius 1 is 1.42 bits per heavy atom. The first-order valence-electron chi connectivity index (χ1n) is 7.39. The van der Waals surface area contributed by atoms with Crippen LogP contribution in [-0.2, 0) is 14.3 Å². The highest BCUT2D eigenvalue weighted by Gasteiger charge is 2.59.